The molecule has 0 spiro atoms. The molecule has 3 rings (SSSR count). The van der Waals surface area contributed by atoms with Gasteiger partial charge in [0, 0.05) is 18.3 Å². The summed E-state index contributed by atoms with van der Waals surface area (Å²) in [5.74, 6) is 1.58. The number of nitrogens with zero attached hydrogens (tertiary/aromatic N) is 3. The lowest BCUT2D eigenvalue weighted by Gasteiger charge is -2.28. The predicted octanol–water partition coefficient (Wildman–Crippen LogP) is 3.84. The van der Waals surface area contributed by atoms with Crippen molar-refractivity contribution in [1.29, 1.82) is 0 Å². The van der Waals surface area contributed by atoms with Crippen molar-refractivity contribution in [2.45, 2.75) is 51.1 Å². The molecule has 1 aliphatic rings. The molecule has 2 atom stereocenters. The number of rotatable bonds is 3. The second-order valence-electron chi connectivity index (χ2n) is 5.34. The SMILES string of the molecule is CCC1CCC(C)N1c1nc2ccccn2c1CCl. The van der Waals surface area contributed by atoms with E-state index in [0.29, 0.717) is 18.0 Å². The molecule has 2 unspecified atom stereocenters. The molecule has 3 heterocycles. The van der Waals surface area contributed by atoms with Crippen LogP contribution < -0.4 is 4.90 Å². The fraction of sp³-hybridized carbons (Fsp3) is 0.533. The summed E-state index contributed by atoms with van der Waals surface area (Å²) >= 11 is 6.18. The van der Waals surface area contributed by atoms with Crippen LogP contribution in [-0.2, 0) is 5.88 Å². The smallest absolute Gasteiger partial charge is 0.152 e. The van der Waals surface area contributed by atoms with Gasteiger partial charge in [0.1, 0.15) is 5.65 Å². The molecule has 0 saturated carbocycles. The monoisotopic (exact) mass is 277 g/mol. The second-order valence-corrected chi connectivity index (χ2v) is 5.61. The van der Waals surface area contributed by atoms with E-state index in [1.54, 1.807) is 0 Å². The highest BCUT2D eigenvalue weighted by Gasteiger charge is 2.32. The van der Waals surface area contributed by atoms with Crippen molar-refractivity contribution in [2.75, 3.05) is 4.90 Å². The van der Waals surface area contributed by atoms with Crippen LogP contribution in [-0.4, -0.2) is 21.5 Å². The summed E-state index contributed by atoms with van der Waals surface area (Å²) in [6.07, 6.45) is 5.71. The quantitative estimate of drug-likeness (QED) is 0.795. The number of anilines is 1. The number of aromatic nitrogens is 2. The first-order chi connectivity index (χ1) is 9.26. The van der Waals surface area contributed by atoms with E-state index in [-0.39, 0.29) is 0 Å². The summed E-state index contributed by atoms with van der Waals surface area (Å²) in [6.45, 7) is 4.55. The molecule has 102 valence electrons. The van der Waals surface area contributed by atoms with Crippen LogP contribution in [0.3, 0.4) is 0 Å². The molecule has 0 aliphatic carbocycles. The third kappa shape index (κ3) is 2.00. The van der Waals surface area contributed by atoms with Crippen molar-refractivity contribution >= 4 is 23.1 Å². The van der Waals surface area contributed by atoms with E-state index in [9.17, 15) is 0 Å². The van der Waals surface area contributed by atoms with E-state index in [0.717, 1.165) is 17.2 Å². The third-order valence-corrected chi connectivity index (χ3v) is 4.49. The van der Waals surface area contributed by atoms with Gasteiger partial charge in [0.25, 0.3) is 0 Å². The fourth-order valence-corrected chi connectivity index (χ4v) is 3.47. The highest BCUT2D eigenvalue weighted by atomic mass is 35.5. The summed E-state index contributed by atoms with van der Waals surface area (Å²) in [7, 11) is 0. The number of alkyl halides is 1. The van der Waals surface area contributed by atoms with Crippen LogP contribution in [0.4, 0.5) is 5.82 Å². The minimum atomic E-state index is 0.500. The molecule has 0 N–H and O–H groups in total. The molecule has 0 amide bonds. The van der Waals surface area contributed by atoms with Crippen LogP contribution in [0.25, 0.3) is 5.65 Å². The standard InChI is InChI=1S/C15H20ClN3/c1-3-12-8-7-11(2)19(12)15-13(10-16)18-9-5-4-6-14(18)17-15/h4-6,9,11-12H,3,7-8,10H2,1-2H3. The molecule has 3 nitrogen and oxygen atoms in total. The van der Waals surface area contributed by atoms with Crippen LogP contribution in [0, 0.1) is 0 Å². The average molecular weight is 278 g/mol. The van der Waals surface area contributed by atoms with Gasteiger partial charge in [0.2, 0.25) is 0 Å². The number of imidazole rings is 1. The molecular weight excluding hydrogens is 258 g/mol. The number of hydrogen-bond donors (Lipinski definition) is 0. The predicted molar refractivity (Wildman–Crippen MR) is 80.0 cm³/mol. The van der Waals surface area contributed by atoms with Crippen molar-refractivity contribution in [3.63, 3.8) is 0 Å². The number of halogens is 1. The maximum Gasteiger partial charge on any atom is 0.152 e. The third-order valence-electron chi connectivity index (χ3n) is 4.24. The lowest BCUT2D eigenvalue weighted by Crippen LogP contribution is -2.35. The van der Waals surface area contributed by atoms with Gasteiger partial charge in [-0.25, -0.2) is 4.98 Å². The van der Waals surface area contributed by atoms with Crippen LogP contribution >= 0.6 is 11.6 Å². The summed E-state index contributed by atoms with van der Waals surface area (Å²) in [5, 5.41) is 0. The van der Waals surface area contributed by atoms with Crippen molar-refractivity contribution in [1.82, 2.24) is 9.38 Å². The van der Waals surface area contributed by atoms with E-state index in [4.69, 9.17) is 16.6 Å². The molecule has 1 saturated heterocycles. The molecule has 2 aromatic heterocycles. The Kier molecular flexibility index (Phi) is 3.40. The Bertz CT molecular complexity index is 578. The summed E-state index contributed by atoms with van der Waals surface area (Å²) in [5.41, 5.74) is 2.10. The van der Waals surface area contributed by atoms with E-state index >= 15 is 0 Å². The first-order valence-electron chi connectivity index (χ1n) is 7.06. The Morgan fingerprint density at radius 1 is 1.37 bits per heavy atom. The average Bonchev–Trinajstić information content (AvgIpc) is 2.97. The number of hydrogen-bond acceptors (Lipinski definition) is 2. The Balaban J connectivity index is 2.13. The van der Waals surface area contributed by atoms with Crippen molar-refractivity contribution in [2.24, 2.45) is 0 Å². The lowest BCUT2D eigenvalue weighted by atomic mass is 10.1. The molecule has 4 heteroatoms. The zero-order chi connectivity index (χ0) is 13.4. The van der Waals surface area contributed by atoms with Crippen LogP contribution in [0.15, 0.2) is 24.4 Å². The van der Waals surface area contributed by atoms with Crippen LogP contribution in [0.5, 0.6) is 0 Å². The summed E-state index contributed by atoms with van der Waals surface area (Å²) in [4.78, 5) is 7.30. The largest absolute Gasteiger partial charge is 0.349 e. The zero-order valence-electron chi connectivity index (χ0n) is 11.5. The first-order valence-corrected chi connectivity index (χ1v) is 7.60. The van der Waals surface area contributed by atoms with Crippen molar-refractivity contribution < 1.29 is 0 Å². The second kappa shape index (κ2) is 5.04. The van der Waals surface area contributed by atoms with E-state index < -0.39 is 0 Å². The van der Waals surface area contributed by atoms with Gasteiger partial charge in [0.05, 0.1) is 11.6 Å². The molecular formula is C15H20ClN3. The van der Waals surface area contributed by atoms with Crippen LogP contribution in [0.1, 0.15) is 38.8 Å². The molecule has 0 aromatic carbocycles. The van der Waals surface area contributed by atoms with Crippen LogP contribution in [0.2, 0.25) is 0 Å². The van der Waals surface area contributed by atoms with Gasteiger partial charge in [-0.15, -0.1) is 11.6 Å². The van der Waals surface area contributed by atoms with Crippen molar-refractivity contribution in [3.05, 3.63) is 30.1 Å². The molecule has 0 radical (unpaired) electrons. The van der Waals surface area contributed by atoms with Gasteiger partial charge in [-0.05, 0) is 38.3 Å². The van der Waals surface area contributed by atoms with E-state index in [1.165, 1.54) is 19.3 Å². The molecule has 2 aromatic rings. The lowest BCUT2D eigenvalue weighted by molar-refractivity contribution is 0.620. The first kappa shape index (κ1) is 12.8. The minimum absolute atomic E-state index is 0.500. The zero-order valence-corrected chi connectivity index (χ0v) is 12.3. The van der Waals surface area contributed by atoms with Gasteiger partial charge < -0.3 is 9.30 Å². The van der Waals surface area contributed by atoms with Gasteiger partial charge in [-0.3, -0.25) is 0 Å². The number of fused-ring (bicyclic) bond motifs is 1. The van der Waals surface area contributed by atoms with Gasteiger partial charge in [-0.2, -0.15) is 0 Å². The fourth-order valence-electron chi connectivity index (χ4n) is 3.22. The van der Waals surface area contributed by atoms with Gasteiger partial charge >= 0.3 is 0 Å². The Morgan fingerprint density at radius 2 is 2.21 bits per heavy atom. The Labute approximate surface area is 119 Å². The van der Waals surface area contributed by atoms with E-state index in [1.807, 2.05) is 24.4 Å². The summed E-state index contributed by atoms with van der Waals surface area (Å²) < 4.78 is 2.11. The number of pyridine rings is 1. The minimum Gasteiger partial charge on any atom is -0.349 e. The molecule has 1 fully saturated rings. The molecule has 19 heavy (non-hydrogen) atoms. The highest BCUT2D eigenvalue weighted by Crippen LogP contribution is 2.34. The normalized spacial score (nSPS) is 23.4. The van der Waals surface area contributed by atoms with Gasteiger partial charge in [-0.1, -0.05) is 13.0 Å². The Morgan fingerprint density at radius 3 is 2.95 bits per heavy atom. The Hall–Kier alpha value is -1.22. The maximum atomic E-state index is 6.18. The molecule has 1 aliphatic heterocycles. The summed E-state index contributed by atoms with van der Waals surface area (Å²) in [6, 6.07) is 7.24. The van der Waals surface area contributed by atoms with Gasteiger partial charge in [0.15, 0.2) is 5.82 Å². The highest BCUT2D eigenvalue weighted by molar-refractivity contribution is 6.17. The molecule has 0 bridgehead atoms. The van der Waals surface area contributed by atoms with Crippen molar-refractivity contribution in [3.8, 4) is 0 Å². The topological polar surface area (TPSA) is 20.5 Å². The maximum absolute atomic E-state index is 6.18. The van der Waals surface area contributed by atoms with E-state index in [2.05, 4.69) is 23.1 Å².